The lowest BCUT2D eigenvalue weighted by atomic mass is 10.0. The topological polar surface area (TPSA) is 165 Å². The minimum atomic E-state index is -1.27. The van der Waals surface area contributed by atoms with Crippen molar-refractivity contribution >= 4 is 23.7 Å². The number of primary amides is 1. The Hall–Kier alpha value is -2.16. The van der Waals surface area contributed by atoms with Crippen LogP contribution in [0, 0.1) is 11.8 Å². The summed E-state index contributed by atoms with van der Waals surface area (Å²) in [5.41, 5.74) is 10.8. The Labute approximate surface area is 135 Å². The molecule has 3 atom stereocenters. The van der Waals surface area contributed by atoms with Gasteiger partial charge in [-0.05, 0) is 11.8 Å². The number of carbonyl (C=O) groups is 4. The molecule has 3 amide bonds. The highest BCUT2D eigenvalue weighted by Gasteiger charge is 2.30. The zero-order valence-corrected chi connectivity index (χ0v) is 13.8. The van der Waals surface area contributed by atoms with Gasteiger partial charge in [-0.3, -0.25) is 14.4 Å². The van der Waals surface area contributed by atoms with Crippen molar-refractivity contribution in [3.8, 4) is 0 Å². The first-order valence-electron chi connectivity index (χ1n) is 7.34. The van der Waals surface area contributed by atoms with Crippen LogP contribution >= 0.6 is 0 Å². The van der Waals surface area contributed by atoms with Gasteiger partial charge >= 0.3 is 5.97 Å². The molecule has 9 nitrogen and oxygen atoms in total. The third kappa shape index (κ3) is 7.09. The largest absolute Gasteiger partial charge is 0.480 e. The van der Waals surface area contributed by atoms with E-state index in [1.807, 2.05) is 0 Å². The van der Waals surface area contributed by atoms with E-state index in [0.29, 0.717) is 0 Å². The van der Waals surface area contributed by atoms with Crippen molar-refractivity contribution in [2.75, 3.05) is 0 Å². The molecule has 0 spiro atoms. The molecule has 0 aromatic heterocycles. The van der Waals surface area contributed by atoms with Crippen molar-refractivity contribution < 1.29 is 24.3 Å². The molecule has 0 saturated heterocycles. The van der Waals surface area contributed by atoms with E-state index < -0.39 is 48.2 Å². The SMILES string of the molecule is CC(C)[C@H](N)C(=O)N[C@@H](CC(N)=O)C(=O)N[C@H](C(=O)O)C(C)C. The van der Waals surface area contributed by atoms with Gasteiger partial charge < -0.3 is 27.2 Å². The number of aliphatic carboxylic acids is 1. The third-order valence-electron chi connectivity index (χ3n) is 3.29. The molecule has 0 rings (SSSR count). The number of nitrogens with one attached hydrogen (secondary N) is 2. The van der Waals surface area contributed by atoms with E-state index in [1.54, 1.807) is 27.7 Å². The number of amides is 3. The predicted molar refractivity (Wildman–Crippen MR) is 83.0 cm³/mol. The van der Waals surface area contributed by atoms with Gasteiger partial charge in [-0.2, -0.15) is 0 Å². The molecule has 7 N–H and O–H groups in total. The summed E-state index contributed by atoms with van der Waals surface area (Å²) in [6, 6.07) is -3.28. The molecular weight excluding hydrogens is 304 g/mol. The summed E-state index contributed by atoms with van der Waals surface area (Å²) in [4.78, 5) is 46.4. The number of hydrogen-bond acceptors (Lipinski definition) is 5. The first-order chi connectivity index (χ1) is 10.5. The molecule has 0 aliphatic carbocycles. The summed E-state index contributed by atoms with van der Waals surface area (Å²) in [5, 5.41) is 13.7. The maximum absolute atomic E-state index is 12.2. The van der Waals surface area contributed by atoms with E-state index in [2.05, 4.69) is 10.6 Å². The Morgan fingerprint density at radius 1 is 0.957 bits per heavy atom. The van der Waals surface area contributed by atoms with Gasteiger partial charge in [0.15, 0.2) is 0 Å². The van der Waals surface area contributed by atoms with Crippen LogP contribution in [0.1, 0.15) is 34.1 Å². The average Bonchev–Trinajstić information content (AvgIpc) is 2.41. The standard InChI is InChI=1S/C14H26N4O5/c1-6(2)10(16)13(21)17-8(5-9(15)19)12(20)18-11(7(3)4)14(22)23/h6-8,10-11H,5,16H2,1-4H3,(H2,15,19)(H,17,21)(H,18,20)(H,22,23)/t8-,10-,11-/m0/s1. The van der Waals surface area contributed by atoms with E-state index >= 15 is 0 Å². The van der Waals surface area contributed by atoms with Crippen molar-refractivity contribution in [1.29, 1.82) is 0 Å². The van der Waals surface area contributed by atoms with E-state index in [4.69, 9.17) is 16.6 Å². The Kier molecular flexibility index (Phi) is 8.23. The van der Waals surface area contributed by atoms with Crippen molar-refractivity contribution in [1.82, 2.24) is 10.6 Å². The second-order valence-corrected chi connectivity index (χ2v) is 6.07. The highest BCUT2D eigenvalue weighted by molar-refractivity contribution is 5.94. The Morgan fingerprint density at radius 2 is 1.48 bits per heavy atom. The van der Waals surface area contributed by atoms with Crippen molar-refractivity contribution in [2.45, 2.75) is 52.2 Å². The summed E-state index contributed by atoms with van der Waals surface area (Å²) in [7, 11) is 0. The molecule has 0 radical (unpaired) electrons. The van der Waals surface area contributed by atoms with Crippen LogP contribution in [-0.4, -0.2) is 46.9 Å². The molecule has 0 heterocycles. The molecule has 0 fully saturated rings. The quantitative estimate of drug-likeness (QED) is 0.347. The zero-order chi connectivity index (χ0) is 18.3. The number of hydrogen-bond donors (Lipinski definition) is 5. The van der Waals surface area contributed by atoms with Crippen LogP contribution in [0.25, 0.3) is 0 Å². The first-order valence-corrected chi connectivity index (χ1v) is 7.34. The lowest BCUT2D eigenvalue weighted by Gasteiger charge is -2.24. The maximum Gasteiger partial charge on any atom is 0.326 e. The van der Waals surface area contributed by atoms with Crippen molar-refractivity contribution in [3.05, 3.63) is 0 Å². The Bertz CT molecular complexity index is 464. The summed E-state index contributed by atoms with van der Waals surface area (Å²) < 4.78 is 0. The maximum atomic E-state index is 12.2. The molecule has 132 valence electrons. The predicted octanol–water partition coefficient (Wildman–Crippen LogP) is -1.44. The highest BCUT2D eigenvalue weighted by atomic mass is 16.4. The number of carbonyl (C=O) groups excluding carboxylic acids is 3. The smallest absolute Gasteiger partial charge is 0.326 e. The fourth-order valence-corrected chi connectivity index (χ4v) is 1.75. The number of carboxylic acids is 1. The van der Waals surface area contributed by atoms with Gasteiger partial charge in [0, 0.05) is 0 Å². The van der Waals surface area contributed by atoms with Crippen LogP contribution in [-0.2, 0) is 19.2 Å². The van der Waals surface area contributed by atoms with Crippen LogP contribution in [0.2, 0.25) is 0 Å². The van der Waals surface area contributed by atoms with Gasteiger partial charge in [0.1, 0.15) is 12.1 Å². The molecule has 0 aliphatic heterocycles. The minimum Gasteiger partial charge on any atom is -0.480 e. The van der Waals surface area contributed by atoms with Gasteiger partial charge in [0.25, 0.3) is 0 Å². The minimum absolute atomic E-state index is 0.172. The monoisotopic (exact) mass is 330 g/mol. The van der Waals surface area contributed by atoms with Crippen LogP contribution in [0.4, 0.5) is 0 Å². The average molecular weight is 330 g/mol. The van der Waals surface area contributed by atoms with Crippen molar-refractivity contribution in [3.63, 3.8) is 0 Å². The molecule has 9 heteroatoms. The lowest BCUT2D eigenvalue weighted by Crippen LogP contribution is -2.57. The van der Waals surface area contributed by atoms with Crippen LogP contribution in [0.15, 0.2) is 0 Å². The molecule has 0 aromatic carbocycles. The molecule has 0 bridgehead atoms. The molecule has 0 saturated carbocycles. The normalized spacial score (nSPS) is 14.9. The van der Waals surface area contributed by atoms with Gasteiger partial charge in [-0.15, -0.1) is 0 Å². The van der Waals surface area contributed by atoms with Gasteiger partial charge in [-0.1, -0.05) is 27.7 Å². The number of nitrogens with two attached hydrogens (primary N) is 2. The van der Waals surface area contributed by atoms with E-state index in [-0.39, 0.29) is 11.8 Å². The summed E-state index contributed by atoms with van der Waals surface area (Å²) in [6.07, 6.45) is -0.452. The van der Waals surface area contributed by atoms with Crippen LogP contribution in [0.3, 0.4) is 0 Å². The second-order valence-electron chi connectivity index (χ2n) is 6.07. The zero-order valence-electron chi connectivity index (χ0n) is 13.8. The van der Waals surface area contributed by atoms with E-state index in [9.17, 15) is 19.2 Å². The fraction of sp³-hybridized carbons (Fsp3) is 0.714. The molecule has 0 aliphatic rings. The number of carboxylic acid groups (broad SMARTS) is 1. The molecular formula is C14H26N4O5. The highest BCUT2D eigenvalue weighted by Crippen LogP contribution is 2.04. The summed E-state index contributed by atoms with van der Waals surface area (Å²) in [5.74, 6) is -3.97. The third-order valence-corrected chi connectivity index (χ3v) is 3.29. The summed E-state index contributed by atoms with van der Waals surface area (Å²) >= 11 is 0. The Balaban J connectivity index is 5.09. The van der Waals surface area contributed by atoms with Gasteiger partial charge in [0.2, 0.25) is 17.7 Å². The fourth-order valence-electron chi connectivity index (χ4n) is 1.75. The lowest BCUT2D eigenvalue weighted by molar-refractivity contribution is -0.143. The number of rotatable bonds is 9. The van der Waals surface area contributed by atoms with Crippen LogP contribution < -0.4 is 22.1 Å². The molecule has 23 heavy (non-hydrogen) atoms. The second kappa shape index (κ2) is 9.09. The van der Waals surface area contributed by atoms with E-state index in [1.165, 1.54) is 0 Å². The van der Waals surface area contributed by atoms with Gasteiger partial charge in [0.05, 0.1) is 12.5 Å². The van der Waals surface area contributed by atoms with Gasteiger partial charge in [-0.25, -0.2) is 4.79 Å². The summed E-state index contributed by atoms with van der Waals surface area (Å²) in [6.45, 7) is 6.70. The first kappa shape index (κ1) is 20.8. The molecule has 0 aromatic rings. The van der Waals surface area contributed by atoms with Crippen LogP contribution in [0.5, 0.6) is 0 Å². The van der Waals surface area contributed by atoms with E-state index in [0.717, 1.165) is 0 Å². The van der Waals surface area contributed by atoms with Crippen molar-refractivity contribution in [2.24, 2.45) is 23.3 Å². The Morgan fingerprint density at radius 3 is 1.83 bits per heavy atom. The molecule has 0 unspecified atom stereocenters.